The van der Waals surface area contributed by atoms with Gasteiger partial charge in [0, 0.05) is 10.5 Å². The Morgan fingerprint density at radius 1 is 1.04 bits per heavy atom. The third kappa shape index (κ3) is 3.99. The van der Waals surface area contributed by atoms with E-state index in [1.807, 2.05) is 42.7 Å². The van der Waals surface area contributed by atoms with Gasteiger partial charge in [-0.15, -0.1) is 0 Å². The second kappa shape index (κ2) is 7.63. The van der Waals surface area contributed by atoms with Gasteiger partial charge in [0.05, 0.1) is 7.11 Å². The van der Waals surface area contributed by atoms with Gasteiger partial charge in [-0.05, 0) is 41.6 Å². The molecule has 9 heteroatoms. The van der Waals surface area contributed by atoms with Crippen LogP contribution in [0.3, 0.4) is 0 Å². The molecular formula is C17H13F3N2O2S2. The Labute approximate surface area is 155 Å². The number of hydrogen-bond donors (Lipinski definition) is 0. The van der Waals surface area contributed by atoms with Crippen LogP contribution in [0.25, 0.3) is 22.5 Å². The lowest BCUT2D eigenvalue weighted by Gasteiger charge is -2.09. The highest BCUT2D eigenvalue weighted by Crippen LogP contribution is 2.39. The van der Waals surface area contributed by atoms with Crippen molar-refractivity contribution in [3.63, 3.8) is 0 Å². The molecule has 4 nitrogen and oxygen atoms in total. The van der Waals surface area contributed by atoms with Crippen LogP contribution in [0.1, 0.15) is 5.89 Å². The summed E-state index contributed by atoms with van der Waals surface area (Å²) in [6, 6.07) is 12.9. The van der Waals surface area contributed by atoms with Gasteiger partial charge in [0.1, 0.15) is 5.75 Å². The van der Waals surface area contributed by atoms with Gasteiger partial charge in [-0.25, -0.2) is 0 Å². The zero-order valence-electron chi connectivity index (χ0n) is 13.7. The summed E-state index contributed by atoms with van der Waals surface area (Å²) in [4.78, 5) is 4.23. The van der Waals surface area contributed by atoms with Crippen LogP contribution in [0.2, 0.25) is 0 Å². The van der Waals surface area contributed by atoms with Crippen LogP contribution < -0.4 is 4.74 Å². The smallest absolute Gasteiger partial charge is 0.471 e. The molecule has 1 aromatic heterocycles. The van der Waals surface area contributed by atoms with Gasteiger partial charge in [-0.2, -0.15) is 18.2 Å². The van der Waals surface area contributed by atoms with E-state index in [9.17, 15) is 13.2 Å². The Bertz CT molecular complexity index is 896. The first kappa shape index (κ1) is 18.7. The molecule has 1 heterocycles. The van der Waals surface area contributed by atoms with E-state index in [1.54, 1.807) is 13.2 Å². The van der Waals surface area contributed by atoms with Crippen LogP contribution in [0.15, 0.2) is 51.9 Å². The van der Waals surface area contributed by atoms with Crippen molar-refractivity contribution in [3.05, 3.63) is 48.4 Å². The zero-order chi connectivity index (χ0) is 18.7. The van der Waals surface area contributed by atoms with E-state index in [0.717, 1.165) is 21.8 Å². The molecule has 0 bridgehead atoms. The summed E-state index contributed by atoms with van der Waals surface area (Å²) >= 11 is 0. The molecule has 0 aliphatic rings. The van der Waals surface area contributed by atoms with E-state index in [0.29, 0.717) is 5.56 Å². The molecule has 0 unspecified atom stereocenters. The molecule has 0 radical (unpaired) electrons. The maximum absolute atomic E-state index is 12.7. The Balaban J connectivity index is 2.00. The normalized spacial score (nSPS) is 11.6. The first-order valence-corrected chi connectivity index (χ1v) is 9.88. The summed E-state index contributed by atoms with van der Waals surface area (Å²) in [5.41, 5.74) is 2.37. The fraction of sp³-hybridized carbons (Fsp3) is 0.176. The van der Waals surface area contributed by atoms with E-state index in [1.165, 1.54) is 21.6 Å². The van der Waals surface area contributed by atoms with Gasteiger partial charge in [0.25, 0.3) is 0 Å². The largest absolute Gasteiger partial charge is 0.497 e. The van der Waals surface area contributed by atoms with Crippen LogP contribution in [-0.4, -0.2) is 23.5 Å². The van der Waals surface area contributed by atoms with E-state index in [2.05, 4.69) is 14.7 Å². The van der Waals surface area contributed by atoms with Gasteiger partial charge in [0.2, 0.25) is 5.82 Å². The number of methoxy groups -OCH3 is 1. The van der Waals surface area contributed by atoms with Crippen molar-refractivity contribution in [1.82, 2.24) is 10.1 Å². The Morgan fingerprint density at radius 3 is 2.31 bits per heavy atom. The van der Waals surface area contributed by atoms with Crippen LogP contribution in [0.4, 0.5) is 13.2 Å². The van der Waals surface area contributed by atoms with Crippen LogP contribution in [0, 0.1) is 0 Å². The molecule has 0 N–H and O–H groups in total. The quantitative estimate of drug-likeness (QED) is 0.506. The number of rotatable bonds is 5. The average Bonchev–Trinajstić information content (AvgIpc) is 3.12. The van der Waals surface area contributed by atoms with Crippen molar-refractivity contribution in [1.29, 1.82) is 0 Å². The van der Waals surface area contributed by atoms with Crippen molar-refractivity contribution < 1.29 is 22.4 Å². The molecule has 3 aromatic rings. The maximum atomic E-state index is 12.7. The summed E-state index contributed by atoms with van der Waals surface area (Å²) in [5.74, 6) is -0.697. The molecule has 3 rings (SSSR count). The number of aromatic nitrogens is 2. The minimum Gasteiger partial charge on any atom is -0.497 e. The van der Waals surface area contributed by atoms with Gasteiger partial charge in [-0.1, -0.05) is 44.9 Å². The monoisotopic (exact) mass is 398 g/mol. The second-order valence-electron chi connectivity index (χ2n) is 5.11. The maximum Gasteiger partial charge on any atom is 0.471 e. The Hall–Kier alpha value is -2.13. The summed E-state index contributed by atoms with van der Waals surface area (Å²) < 4.78 is 47.6. The molecule has 0 spiro atoms. The van der Waals surface area contributed by atoms with Crippen molar-refractivity contribution in [3.8, 4) is 28.3 Å². The Morgan fingerprint density at radius 2 is 1.73 bits per heavy atom. The highest BCUT2D eigenvalue weighted by atomic mass is 33.1. The standard InChI is InChI=1S/C17H13F3N2O2S2/c1-23-12-6-3-10(4-7-12)11-5-8-13(14(9-11)26-25-2)15-21-16(24-22-15)17(18,19)20/h3-9H,1-2H3. The van der Waals surface area contributed by atoms with Crippen LogP contribution >= 0.6 is 21.6 Å². The zero-order valence-corrected chi connectivity index (χ0v) is 15.3. The number of benzene rings is 2. The molecule has 136 valence electrons. The van der Waals surface area contributed by atoms with Crippen molar-refractivity contribution >= 4 is 21.6 Å². The number of alkyl halides is 3. The van der Waals surface area contributed by atoms with Crippen molar-refractivity contribution in [2.75, 3.05) is 13.4 Å². The molecule has 0 saturated carbocycles. The number of ether oxygens (including phenoxy) is 1. The molecular weight excluding hydrogens is 385 g/mol. The van der Waals surface area contributed by atoms with Crippen molar-refractivity contribution in [2.24, 2.45) is 0 Å². The highest BCUT2D eigenvalue weighted by Gasteiger charge is 2.38. The molecule has 0 atom stereocenters. The third-order valence-electron chi connectivity index (χ3n) is 3.49. The topological polar surface area (TPSA) is 48.2 Å². The average molecular weight is 398 g/mol. The summed E-state index contributed by atoms with van der Waals surface area (Å²) in [5, 5.41) is 3.48. The molecule has 2 aromatic carbocycles. The second-order valence-corrected chi connectivity index (χ2v) is 7.55. The molecule has 0 aliphatic heterocycles. The Kier molecular flexibility index (Phi) is 5.47. The highest BCUT2D eigenvalue weighted by molar-refractivity contribution is 8.76. The van der Waals surface area contributed by atoms with Gasteiger partial charge >= 0.3 is 12.1 Å². The minimum absolute atomic E-state index is 0.0878. The van der Waals surface area contributed by atoms with E-state index in [-0.39, 0.29) is 5.82 Å². The fourth-order valence-corrected chi connectivity index (χ4v) is 3.83. The lowest BCUT2D eigenvalue weighted by Crippen LogP contribution is -2.04. The van der Waals surface area contributed by atoms with E-state index < -0.39 is 12.1 Å². The van der Waals surface area contributed by atoms with Gasteiger partial charge in [0.15, 0.2) is 0 Å². The SMILES string of the molecule is COc1ccc(-c2ccc(-c3noc(C(F)(F)F)n3)c(SSC)c2)cc1. The minimum atomic E-state index is -4.67. The lowest BCUT2D eigenvalue weighted by molar-refractivity contribution is -0.159. The van der Waals surface area contributed by atoms with Gasteiger partial charge < -0.3 is 9.26 Å². The molecule has 0 aliphatic carbocycles. The molecule has 0 fully saturated rings. The molecule has 26 heavy (non-hydrogen) atoms. The predicted molar refractivity (Wildman–Crippen MR) is 96.1 cm³/mol. The van der Waals surface area contributed by atoms with E-state index >= 15 is 0 Å². The van der Waals surface area contributed by atoms with Crippen LogP contribution in [0.5, 0.6) is 5.75 Å². The van der Waals surface area contributed by atoms with Gasteiger partial charge in [-0.3, -0.25) is 0 Å². The predicted octanol–water partition coefficient (Wildman–Crippen LogP) is 5.80. The fourth-order valence-electron chi connectivity index (χ4n) is 2.28. The number of hydrogen-bond acceptors (Lipinski definition) is 6. The van der Waals surface area contributed by atoms with Crippen LogP contribution in [-0.2, 0) is 6.18 Å². The first-order valence-electron chi connectivity index (χ1n) is 7.33. The number of halogens is 3. The first-order chi connectivity index (χ1) is 12.4. The summed E-state index contributed by atoms with van der Waals surface area (Å²) in [7, 11) is 4.49. The lowest BCUT2D eigenvalue weighted by atomic mass is 10.0. The summed E-state index contributed by atoms with van der Waals surface area (Å²) in [6.07, 6.45) is -2.78. The number of nitrogens with zero attached hydrogens (tertiary/aromatic N) is 2. The molecule has 0 saturated heterocycles. The molecule has 0 amide bonds. The summed E-state index contributed by atoms with van der Waals surface area (Å²) in [6.45, 7) is 0. The third-order valence-corrected chi connectivity index (χ3v) is 5.21. The van der Waals surface area contributed by atoms with E-state index in [4.69, 9.17) is 4.74 Å². The van der Waals surface area contributed by atoms with Crippen molar-refractivity contribution in [2.45, 2.75) is 11.1 Å².